The lowest BCUT2D eigenvalue weighted by atomic mass is 10.1. The number of Topliss-reactive ketones (excluding diaryl/α,β-unsaturated/α-hetero) is 1. The monoisotopic (exact) mass is 402 g/mol. The minimum absolute atomic E-state index is 0.165. The Hall–Kier alpha value is -2.61. The Balaban J connectivity index is 1.52. The molecule has 7 nitrogen and oxygen atoms in total. The summed E-state index contributed by atoms with van der Waals surface area (Å²) in [6.45, 7) is 4.43. The first-order chi connectivity index (χ1) is 13.5. The van der Waals surface area contributed by atoms with E-state index in [2.05, 4.69) is 9.97 Å². The number of rotatable bonds is 7. The molecule has 1 aromatic heterocycles. The minimum Gasteiger partial charge on any atom is -0.486 e. The van der Waals surface area contributed by atoms with Gasteiger partial charge in [-0.15, -0.1) is 0 Å². The maximum Gasteiger partial charge on any atom is 0.306 e. The summed E-state index contributed by atoms with van der Waals surface area (Å²) in [6.07, 6.45) is 2.56. The molecular formula is C20H22N2O5S. The molecule has 0 aliphatic carbocycles. The molecule has 0 amide bonds. The largest absolute Gasteiger partial charge is 0.486 e. The van der Waals surface area contributed by atoms with Gasteiger partial charge in [0.1, 0.15) is 13.2 Å². The van der Waals surface area contributed by atoms with E-state index < -0.39 is 5.97 Å². The second-order valence-corrected chi connectivity index (χ2v) is 7.08. The van der Waals surface area contributed by atoms with Gasteiger partial charge >= 0.3 is 5.97 Å². The van der Waals surface area contributed by atoms with Crippen LogP contribution in [0.5, 0.6) is 11.5 Å². The van der Waals surface area contributed by atoms with Crippen molar-refractivity contribution in [3.8, 4) is 11.5 Å². The van der Waals surface area contributed by atoms with Crippen molar-refractivity contribution < 1.29 is 23.8 Å². The Labute approximate surface area is 167 Å². The van der Waals surface area contributed by atoms with Gasteiger partial charge in [0.15, 0.2) is 29.0 Å². The van der Waals surface area contributed by atoms with Gasteiger partial charge in [0.05, 0.1) is 0 Å². The van der Waals surface area contributed by atoms with Crippen molar-refractivity contribution in [3.63, 3.8) is 0 Å². The van der Waals surface area contributed by atoms with Gasteiger partial charge in [0.25, 0.3) is 0 Å². The van der Waals surface area contributed by atoms with Crippen molar-refractivity contribution in [2.75, 3.05) is 26.1 Å². The number of ketones is 1. The first kappa shape index (κ1) is 20.1. The summed E-state index contributed by atoms with van der Waals surface area (Å²) in [7, 11) is 0. The maximum atomic E-state index is 12.3. The third-order valence-electron chi connectivity index (χ3n) is 4.39. The van der Waals surface area contributed by atoms with Gasteiger partial charge in [0, 0.05) is 23.4 Å². The number of carbonyl (C=O) groups excluding carboxylic acids is 2. The van der Waals surface area contributed by atoms with E-state index in [0.29, 0.717) is 41.9 Å². The number of esters is 1. The Bertz CT molecular complexity index is 877. The van der Waals surface area contributed by atoms with Crippen LogP contribution in [0.4, 0.5) is 0 Å². The molecule has 3 rings (SSSR count). The van der Waals surface area contributed by atoms with E-state index >= 15 is 0 Å². The van der Waals surface area contributed by atoms with Crippen molar-refractivity contribution in [1.29, 1.82) is 0 Å². The van der Waals surface area contributed by atoms with Crippen LogP contribution in [0.15, 0.2) is 23.4 Å². The van der Waals surface area contributed by atoms with Gasteiger partial charge in [-0.05, 0) is 50.3 Å². The lowest BCUT2D eigenvalue weighted by Gasteiger charge is -2.18. The SMILES string of the molecule is CSc1nc(C)c(CCC(=O)OCC(=O)c2ccc3c(c2)OCCO3)c(C)n1. The highest BCUT2D eigenvalue weighted by Gasteiger charge is 2.17. The summed E-state index contributed by atoms with van der Waals surface area (Å²) in [5.74, 6) is 0.423. The number of carbonyl (C=O) groups is 2. The van der Waals surface area contributed by atoms with E-state index in [4.69, 9.17) is 14.2 Å². The molecular weight excluding hydrogens is 380 g/mol. The van der Waals surface area contributed by atoms with Crippen LogP contribution in [0.1, 0.15) is 33.7 Å². The maximum absolute atomic E-state index is 12.3. The molecule has 0 atom stereocenters. The fourth-order valence-electron chi connectivity index (χ4n) is 2.91. The van der Waals surface area contributed by atoms with E-state index in [-0.39, 0.29) is 18.8 Å². The molecule has 0 bridgehead atoms. The van der Waals surface area contributed by atoms with Gasteiger partial charge in [-0.3, -0.25) is 9.59 Å². The van der Waals surface area contributed by atoms with E-state index in [1.54, 1.807) is 18.2 Å². The van der Waals surface area contributed by atoms with Gasteiger partial charge < -0.3 is 14.2 Å². The summed E-state index contributed by atoms with van der Waals surface area (Å²) in [6, 6.07) is 4.94. The zero-order chi connectivity index (χ0) is 20.1. The number of benzene rings is 1. The number of fused-ring (bicyclic) bond motifs is 1. The van der Waals surface area contributed by atoms with Crippen molar-refractivity contribution in [3.05, 3.63) is 40.7 Å². The summed E-state index contributed by atoms with van der Waals surface area (Å²) < 4.78 is 16.0. The highest BCUT2D eigenvalue weighted by atomic mass is 32.2. The molecule has 1 aliphatic heterocycles. The lowest BCUT2D eigenvalue weighted by molar-refractivity contribution is -0.142. The average molecular weight is 402 g/mol. The summed E-state index contributed by atoms with van der Waals surface area (Å²) >= 11 is 1.48. The molecule has 0 N–H and O–H groups in total. The van der Waals surface area contributed by atoms with E-state index in [1.807, 2.05) is 20.1 Å². The average Bonchev–Trinajstić information content (AvgIpc) is 2.70. The van der Waals surface area contributed by atoms with Crippen LogP contribution in [0, 0.1) is 13.8 Å². The van der Waals surface area contributed by atoms with Crippen molar-refractivity contribution >= 4 is 23.5 Å². The van der Waals surface area contributed by atoms with Gasteiger partial charge in [-0.25, -0.2) is 9.97 Å². The number of hydrogen-bond donors (Lipinski definition) is 0. The molecule has 148 valence electrons. The fourth-order valence-corrected chi connectivity index (χ4v) is 3.36. The number of ether oxygens (including phenoxy) is 3. The molecule has 2 aromatic rings. The number of aromatic nitrogens is 2. The Morgan fingerprint density at radius 1 is 1.11 bits per heavy atom. The molecule has 0 saturated carbocycles. The molecule has 1 aromatic carbocycles. The Kier molecular flexibility index (Phi) is 6.51. The fraction of sp³-hybridized carbons (Fsp3) is 0.400. The highest BCUT2D eigenvalue weighted by Crippen LogP contribution is 2.30. The molecule has 28 heavy (non-hydrogen) atoms. The lowest BCUT2D eigenvalue weighted by Crippen LogP contribution is -2.17. The quantitative estimate of drug-likeness (QED) is 0.302. The molecule has 0 fully saturated rings. The zero-order valence-corrected chi connectivity index (χ0v) is 16.9. The van der Waals surface area contributed by atoms with Crippen molar-refractivity contribution in [2.45, 2.75) is 31.8 Å². The molecule has 0 saturated heterocycles. The second-order valence-electron chi connectivity index (χ2n) is 6.30. The summed E-state index contributed by atoms with van der Waals surface area (Å²) in [5.41, 5.74) is 3.08. The molecule has 0 spiro atoms. The van der Waals surface area contributed by atoms with Crippen molar-refractivity contribution in [2.24, 2.45) is 0 Å². The first-order valence-electron chi connectivity index (χ1n) is 8.94. The predicted octanol–water partition coefficient (Wildman–Crippen LogP) is 2.95. The first-order valence-corrected chi connectivity index (χ1v) is 10.2. The number of hydrogen-bond acceptors (Lipinski definition) is 8. The minimum atomic E-state index is -0.432. The number of nitrogens with zero attached hydrogens (tertiary/aromatic N) is 2. The van der Waals surface area contributed by atoms with Crippen molar-refractivity contribution in [1.82, 2.24) is 9.97 Å². The van der Waals surface area contributed by atoms with E-state index in [1.165, 1.54) is 11.8 Å². The van der Waals surface area contributed by atoms with Gasteiger partial charge in [0.2, 0.25) is 0 Å². The second kappa shape index (κ2) is 9.05. The van der Waals surface area contributed by atoms with Crippen LogP contribution >= 0.6 is 11.8 Å². The van der Waals surface area contributed by atoms with Gasteiger partial charge in [-0.2, -0.15) is 0 Å². The van der Waals surface area contributed by atoms with Crippen LogP contribution in [0.3, 0.4) is 0 Å². The zero-order valence-electron chi connectivity index (χ0n) is 16.1. The highest BCUT2D eigenvalue weighted by molar-refractivity contribution is 7.98. The topological polar surface area (TPSA) is 87.6 Å². The molecule has 8 heteroatoms. The van der Waals surface area contributed by atoms with Crippen LogP contribution in [0.25, 0.3) is 0 Å². The van der Waals surface area contributed by atoms with E-state index in [0.717, 1.165) is 17.0 Å². The number of thioether (sulfide) groups is 1. The Morgan fingerprint density at radius 3 is 2.46 bits per heavy atom. The molecule has 0 unspecified atom stereocenters. The van der Waals surface area contributed by atoms with Crippen LogP contribution in [-0.2, 0) is 16.0 Å². The molecule has 2 heterocycles. The smallest absolute Gasteiger partial charge is 0.306 e. The van der Waals surface area contributed by atoms with Crippen LogP contribution in [-0.4, -0.2) is 47.8 Å². The number of aryl methyl sites for hydroxylation is 2. The third kappa shape index (κ3) is 4.81. The Morgan fingerprint density at radius 2 is 1.79 bits per heavy atom. The van der Waals surface area contributed by atoms with Gasteiger partial charge in [-0.1, -0.05) is 11.8 Å². The predicted molar refractivity (Wildman–Crippen MR) is 104 cm³/mol. The third-order valence-corrected chi connectivity index (χ3v) is 4.94. The summed E-state index contributed by atoms with van der Waals surface area (Å²) in [5, 5.41) is 0.714. The normalized spacial score (nSPS) is 12.5. The standard InChI is InChI=1S/C20H22N2O5S/c1-12-15(13(2)22-20(21-12)28-3)5-7-19(24)27-11-16(23)14-4-6-17-18(10-14)26-9-8-25-17/h4,6,10H,5,7-9,11H2,1-3H3. The molecule has 1 aliphatic rings. The van der Waals surface area contributed by atoms with Crippen LogP contribution in [0.2, 0.25) is 0 Å². The molecule has 0 radical (unpaired) electrons. The summed E-state index contributed by atoms with van der Waals surface area (Å²) in [4.78, 5) is 33.2. The van der Waals surface area contributed by atoms with E-state index in [9.17, 15) is 9.59 Å². The van der Waals surface area contributed by atoms with Crippen LogP contribution < -0.4 is 9.47 Å².